The molecule has 0 aromatic carbocycles. The fourth-order valence-electron chi connectivity index (χ4n) is 4.04. The lowest BCUT2D eigenvalue weighted by atomic mass is 9.89. The van der Waals surface area contributed by atoms with Crippen LogP contribution in [0.15, 0.2) is 0 Å². The molecule has 0 aromatic rings. The molecule has 1 aliphatic heterocycles. The quantitative estimate of drug-likeness (QED) is 0.400. The van der Waals surface area contributed by atoms with Gasteiger partial charge < -0.3 is 9.64 Å². The Kier molecular flexibility index (Phi) is 7.40. The van der Waals surface area contributed by atoms with Gasteiger partial charge in [0.2, 0.25) is 12.3 Å². The number of carbonyl (C=O) groups excluding carboxylic acids is 4. The highest BCUT2D eigenvalue weighted by atomic mass is 16.6. The van der Waals surface area contributed by atoms with Crippen molar-refractivity contribution in [3.63, 3.8) is 0 Å². The van der Waals surface area contributed by atoms with Crippen LogP contribution in [0.2, 0.25) is 0 Å². The lowest BCUT2D eigenvalue weighted by Gasteiger charge is -2.32. The highest BCUT2D eigenvalue weighted by Gasteiger charge is 2.41. The van der Waals surface area contributed by atoms with Gasteiger partial charge in [-0.05, 0) is 52.4 Å². The van der Waals surface area contributed by atoms with E-state index in [1.807, 2.05) is 0 Å². The summed E-state index contributed by atoms with van der Waals surface area (Å²) in [6.45, 7) is 5.40. The molecule has 1 saturated carbocycles. The number of likely N-dealkylation sites (tertiary alicyclic amines) is 1. The highest BCUT2D eigenvalue weighted by molar-refractivity contribution is 5.97. The molecule has 1 saturated heterocycles. The van der Waals surface area contributed by atoms with Crippen molar-refractivity contribution in [1.29, 1.82) is 0 Å². The third kappa shape index (κ3) is 5.92. The van der Waals surface area contributed by atoms with Gasteiger partial charge >= 0.3 is 6.09 Å². The van der Waals surface area contributed by atoms with Crippen LogP contribution < -0.4 is 5.32 Å². The minimum absolute atomic E-state index is 0.0669. The average Bonchev–Trinajstić information content (AvgIpc) is 3.28. The lowest BCUT2D eigenvalue weighted by molar-refractivity contribution is -0.159. The lowest BCUT2D eigenvalue weighted by Crippen LogP contribution is -2.52. The molecule has 9 heteroatoms. The molecule has 1 unspecified atom stereocenters. The zero-order valence-corrected chi connectivity index (χ0v) is 16.8. The Bertz CT molecular complexity index is 597. The van der Waals surface area contributed by atoms with Crippen molar-refractivity contribution in [3.05, 3.63) is 0 Å². The number of rotatable bonds is 6. The molecule has 0 aromatic heterocycles. The van der Waals surface area contributed by atoms with Gasteiger partial charge in [-0.25, -0.2) is 9.86 Å². The van der Waals surface area contributed by atoms with E-state index in [0.29, 0.717) is 24.4 Å². The Morgan fingerprint density at radius 2 is 1.86 bits per heavy atom. The first-order valence-corrected chi connectivity index (χ1v) is 9.87. The standard InChI is InChI=1S/C19H31N3O6/c1-19(2,3)28-18(26)20-16(24)15-9-6-10-22(15)17(25)14(11-21(27)12-23)13-7-4-5-8-13/h12-15,27H,4-11H2,1-3H3,(H,20,24,26)/t14?,15-/m0/s1. The van der Waals surface area contributed by atoms with Crippen molar-refractivity contribution in [2.75, 3.05) is 13.1 Å². The first-order valence-electron chi connectivity index (χ1n) is 9.87. The van der Waals surface area contributed by atoms with E-state index in [-0.39, 0.29) is 24.8 Å². The monoisotopic (exact) mass is 397 g/mol. The van der Waals surface area contributed by atoms with E-state index < -0.39 is 29.6 Å². The van der Waals surface area contributed by atoms with Gasteiger partial charge in [0.05, 0.1) is 12.5 Å². The van der Waals surface area contributed by atoms with Crippen LogP contribution in [0, 0.1) is 11.8 Å². The molecule has 9 nitrogen and oxygen atoms in total. The van der Waals surface area contributed by atoms with Crippen LogP contribution in [-0.4, -0.2) is 64.2 Å². The number of hydrogen-bond donors (Lipinski definition) is 2. The van der Waals surface area contributed by atoms with Crippen molar-refractivity contribution in [1.82, 2.24) is 15.3 Å². The molecule has 28 heavy (non-hydrogen) atoms. The number of ether oxygens (including phenoxy) is 1. The Morgan fingerprint density at radius 1 is 1.21 bits per heavy atom. The number of imide groups is 1. The normalized spacial score (nSPS) is 21.3. The maximum absolute atomic E-state index is 13.2. The Labute approximate surface area is 165 Å². The molecule has 2 atom stereocenters. The van der Waals surface area contributed by atoms with Crippen LogP contribution in [0.4, 0.5) is 4.79 Å². The molecule has 2 fully saturated rings. The van der Waals surface area contributed by atoms with Gasteiger partial charge in [0.25, 0.3) is 5.91 Å². The van der Waals surface area contributed by atoms with Crippen LogP contribution in [0.1, 0.15) is 59.3 Å². The van der Waals surface area contributed by atoms with E-state index in [4.69, 9.17) is 4.74 Å². The number of amides is 4. The molecule has 1 aliphatic carbocycles. The van der Waals surface area contributed by atoms with E-state index in [0.717, 1.165) is 25.7 Å². The van der Waals surface area contributed by atoms with Crippen LogP contribution in [0.3, 0.4) is 0 Å². The SMILES string of the molecule is CC(C)(C)OC(=O)NC(=O)[C@@H]1CCCN1C(=O)C(CN(O)C=O)C1CCCC1. The largest absolute Gasteiger partial charge is 0.444 e. The minimum Gasteiger partial charge on any atom is -0.444 e. The van der Waals surface area contributed by atoms with Gasteiger partial charge in [-0.1, -0.05) is 12.8 Å². The van der Waals surface area contributed by atoms with Crippen molar-refractivity contribution in [3.8, 4) is 0 Å². The van der Waals surface area contributed by atoms with E-state index in [2.05, 4.69) is 5.32 Å². The molecule has 0 spiro atoms. The predicted molar refractivity (Wildman–Crippen MR) is 99.1 cm³/mol. The summed E-state index contributed by atoms with van der Waals surface area (Å²) >= 11 is 0. The molecule has 2 N–H and O–H groups in total. The van der Waals surface area contributed by atoms with Crippen LogP contribution >= 0.6 is 0 Å². The zero-order valence-electron chi connectivity index (χ0n) is 16.8. The summed E-state index contributed by atoms with van der Waals surface area (Å²) in [6.07, 6.45) is 4.25. The predicted octanol–water partition coefficient (Wildman–Crippen LogP) is 1.68. The number of alkyl carbamates (subject to hydrolysis) is 1. The summed E-state index contributed by atoms with van der Waals surface area (Å²) in [5.74, 6) is -1.32. The van der Waals surface area contributed by atoms with E-state index in [9.17, 15) is 24.4 Å². The van der Waals surface area contributed by atoms with Gasteiger partial charge in [-0.2, -0.15) is 0 Å². The van der Waals surface area contributed by atoms with Crippen molar-refractivity contribution in [2.45, 2.75) is 70.9 Å². The zero-order chi connectivity index (χ0) is 20.9. The van der Waals surface area contributed by atoms with Gasteiger partial charge in [-0.15, -0.1) is 0 Å². The summed E-state index contributed by atoms with van der Waals surface area (Å²) in [6, 6.07) is -0.757. The Balaban J connectivity index is 2.07. The molecule has 1 heterocycles. The number of carbonyl (C=O) groups is 4. The summed E-state index contributed by atoms with van der Waals surface area (Å²) in [7, 11) is 0. The fraction of sp³-hybridized carbons (Fsp3) is 0.789. The molecular weight excluding hydrogens is 366 g/mol. The highest BCUT2D eigenvalue weighted by Crippen LogP contribution is 2.34. The minimum atomic E-state index is -0.841. The molecule has 2 aliphatic rings. The van der Waals surface area contributed by atoms with Gasteiger partial charge in [0.1, 0.15) is 11.6 Å². The molecule has 158 valence electrons. The van der Waals surface area contributed by atoms with Gasteiger partial charge in [0.15, 0.2) is 0 Å². The number of hydrogen-bond acceptors (Lipinski definition) is 6. The van der Waals surface area contributed by atoms with Crippen molar-refractivity contribution in [2.24, 2.45) is 11.8 Å². The molecular formula is C19H31N3O6. The summed E-state index contributed by atoms with van der Waals surface area (Å²) in [5.41, 5.74) is -0.734. The van der Waals surface area contributed by atoms with Gasteiger partial charge in [-0.3, -0.25) is 24.9 Å². The summed E-state index contributed by atoms with van der Waals surface area (Å²) in [5, 5.41) is 12.3. The van der Waals surface area contributed by atoms with E-state index >= 15 is 0 Å². The molecule has 2 rings (SSSR count). The van der Waals surface area contributed by atoms with Crippen molar-refractivity contribution >= 4 is 24.3 Å². The molecule has 4 amide bonds. The number of nitrogens with zero attached hydrogens (tertiary/aromatic N) is 2. The van der Waals surface area contributed by atoms with Crippen LogP contribution in [0.5, 0.6) is 0 Å². The van der Waals surface area contributed by atoms with Crippen LogP contribution in [0.25, 0.3) is 0 Å². The summed E-state index contributed by atoms with van der Waals surface area (Å²) in [4.78, 5) is 50.0. The second kappa shape index (κ2) is 9.36. The smallest absolute Gasteiger partial charge is 0.414 e. The number of hydroxylamine groups is 2. The van der Waals surface area contributed by atoms with Gasteiger partial charge in [0, 0.05) is 6.54 Å². The first kappa shape index (κ1) is 22.1. The average molecular weight is 397 g/mol. The third-order valence-electron chi connectivity index (χ3n) is 5.25. The molecule has 0 radical (unpaired) electrons. The topological polar surface area (TPSA) is 116 Å². The van der Waals surface area contributed by atoms with E-state index in [1.165, 1.54) is 4.90 Å². The maximum Gasteiger partial charge on any atom is 0.414 e. The second-order valence-corrected chi connectivity index (χ2v) is 8.56. The summed E-state index contributed by atoms with van der Waals surface area (Å²) < 4.78 is 5.11. The third-order valence-corrected chi connectivity index (χ3v) is 5.25. The number of nitrogens with one attached hydrogen (secondary N) is 1. The first-order chi connectivity index (χ1) is 13.1. The maximum atomic E-state index is 13.2. The Hall–Kier alpha value is -2.16. The van der Waals surface area contributed by atoms with Crippen molar-refractivity contribution < 1.29 is 29.1 Å². The second-order valence-electron chi connectivity index (χ2n) is 8.56. The Morgan fingerprint density at radius 3 is 2.43 bits per heavy atom. The molecule has 0 bridgehead atoms. The fourth-order valence-corrected chi connectivity index (χ4v) is 4.04. The van der Waals surface area contributed by atoms with Crippen LogP contribution in [-0.2, 0) is 19.1 Å². The van der Waals surface area contributed by atoms with E-state index in [1.54, 1.807) is 20.8 Å².